The van der Waals surface area contributed by atoms with Crippen LogP contribution in [0.5, 0.6) is 0 Å². The number of halogens is 2. The number of hydrogen-bond donors (Lipinski definition) is 1. The Kier molecular flexibility index (Phi) is 6.52. The Balaban J connectivity index is 0.00000200. The van der Waals surface area contributed by atoms with E-state index in [0.29, 0.717) is 23.7 Å². The van der Waals surface area contributed by atoms with E-state index in [1.165, 1.54) is 0 Å². The zero-order chi connectivity index (χ0) is 13.7. The van der Waals surface area contributed by atoms with E-state index in [1.54, 1.807) is 29.2 Å². The van der Waals surface area contributed by atoms with E-state index in [9.17, 15) is 4.79 Å². The Morgan fingerprint density at radius 2 is 1.65 bits per heavy atom. The van der Waals surface area contributed by atoms with Crippen LogP contribution in [0.4, 0.5) is 5.69 Å². The first kappa shape index (κ1) is 16.5. The van der Waals surface area contributed by atoms with Crippen LogP contribution in [0.2, 0.25) is 5.02 Å². The maximum absolute atomic E-state index is 12.5. The first-order valence-electron chi connectivity index (χ1n) is 6.05. The molecule has 0 saturated heterocycles. The molecule has 2 aromatic rings. The van der Waals surface area contributed by atoms with Crippen molar-refractivity contribution in [3.05, 3.63) is 65.2 Å². The van der Waals surface area contributed by atoms with Gasteiger partial charge in [0.1, 0.15) is 0 Å². The van der Waals surface area contributed by atoms with Crippen molar-refractivity contribution in [1.82, 2.24) is 0 Å². The van der Waals surface area contributed by atoms with Crippen LogP contribution in [-0.2, 0) is 0 Å². The van der Waals surface area contributed by atoms with Crippen molar-refractivity contribution in [2.24, 2.45) is 5.73 Å². The molecule has 0 saturated carbocycles. The van der Waals surface area contributed by atoms with Gasteiger partial charge in [-0.3, -0.25) is 4.79 Å². The zero-order valence-corrected chi connectivity index (χ0v) is 12.4. The molecule has 0 atom stereocenters. The number of benzene rings is 2. The Hall–Kier alpha value is -1.55. The van der Waals surface area contributed by atoms with Gasteiger partial charge in [0.2, 0.25) is 0 Å². The molecule has 5 heteroatoms. The van der Waals surface area contributed by atoms with Gasteiger partial charge in [0.25, 0.3) is 5.91 Å². The number of nitrogens with zero attached hydrogens (tertiary/aromatic N) is 1. The van der Waals surface area contributed by atoms with Gasteiger partial charge in [-0.2, -0.15) is 0 Å². The third-order valence-corrected chi connectivity index (χ3v) is 3.01. The first-order chi connectivity index (χ1) is 9.22. The third-order valence-electron chi connectivity index (χ3n) is 2.76. The molecule has 0 aliphatic heterocycles. The normalized spacial score (nSPS) is 9.70. The fourth-order valence-electron chi connectivity index (χ4n) is 1.83. The summed E-state index contributed by atoms with van der Waals surface area (Å²) in [5.74, 6) is -0.0617. The summed E-state index contributed by atoms with van der Waals surface area (Å²) in [5, 5.41) is 0.642. The van der Waals surface area contributed by atoms with Crippen molar-refractivity contribution in [3.63, 3.8) is 0 Å². The lowest BCUT2D eigenvalue weighted by atomic mass is 10.2. The topological polar surface area (TPSA) is 46.3 Å². The fourth-order valence-corrected chi connectivity index (χ4v) is 1.96. The summed E-state index contributed by atoms with van der Waals surface area (Å²) < 4.78 is 0. The lowest BCUT2D eigenvalue weighted by Crippen LogP contribution is -2.35. The van der Waals surface area contributed by atoms with Crippen molar-refractivity contribution in [2.75, 3.05) is 18.0 Å². The van der Waals surface area contributed by atoms with Gasteiger partial charge in [-0.1, -0.05) is 29.8 Å². The molecule has 0 aliphatic carbocycles. The molecular formula is C15H16Cl2N2O. The quantitative estimate of drug-likeness (QED) is 0.941. The SMILES string of the molecule is Cl.NCCN(C(=O)c1ccccc1)c1ccc(Cl)cc1. The van der Waals surface area contributed by atoms with Gasteiger partial charge in [-0.05, 0) is 36.4 Å². The molecule has 0 bridgehead atoms. The van der Waals surface area contributed by atoms with Crippen LogP contribution in [-0.4, -0.2) is 19.0 Å². The molecule has 0 unspecified atom stereocenters. The fraction of sp³-hybridized carbons (Fsp3) is 0.133. The molecule has 0 heterocycles. The molecule has 0 aromatic heterocycles. The van der Waals surface area contributed by atoms with Crippen LogP contribution in [0.25, 0.3) is 0 Å². The molecule has 0 spiro atoms. The summed E-state index contributed by atoms with van der Waals surface area (Å²) in [7, 11) is 0. The molecule has 1 amide bonds. The molecular weight excluding hydrogens is 295 g/mol. The molecule has 2 rings (SSSR count). The van der Waals surface area contributed by atoms with Crippen molar-refractivity contribution in [3.8, 4) is 0 Å². The van der Waals surface area contributed by atoms with Crippen LogP contribution in [0.15, 0.2) is 54.6 Å². The second kappa shape index (κ2) is 7.90. The van der Waals surface area contributed by atoms with Crippen molar-refractivity contribution in [2.45, 2.75) is 0 Å². The summed E-state index contributed by atoms with van der Waals surface area (Å²) in [6.07, 6.45) is 0. The number of carbonyl (C=O) groups excluding carboxylic acids is 1. The molecule has 3 nitrogen and oxygen atoms in total. The Morgan fingerprint density at radius 1 is 1.05 bits per heavy atom. The summed E-state index contributed by atoms with van der Waals surface area (Å²) in [4.78, 5) is 14.1. The standard InChI is InChI=1S/C15H15ClN2O.ClH/c16-13-6-8-14(9-7-13)18(11-10-17)15(19)12-4-2-1-3-5-12;/h1-9H,10-11,17H2;1H. The Labute approximate surface area is 129 Å². The number of nitrogens with two attached hydrogens (primary N) is 1. The van der Waals surface area contributed by atoms with E-state index in [-0.39, 0.29) is 18.3 Å². The Morgan fingerprint density at radius 3 is 2.20 bits per heavy atom. The van der Waals surface area contributed by atoms with E-state index in [4.69, 9.17) is 17.3 Å². The highest BCUT2D eigenvalue weighted by Crippen LogP contribution is 2.19. The number of hydrogen-bond acceptors (Lipinski definition) is 2. The van der Waals surface area contributed by atoms with Gasteiger partial charge in [-0.25, -0.2) is 0 Å². The van der Waals surface area contributed by atoms with Crippen molar-refractivity contribution < 1.29 is 4.79 Å². The summed E-state index contributed by atoms with van der Waals surface area (Å²) in [5.41, 5.74) is 7.03. The summed E-state index contributed by atoms with van der Waals surface area (Å²) in [6, 6.07) is 16.3. The van der Waals surface area contributed by atoms with Crippen LogP contribution in [0.3, 0.4) is 0 Å². The summed E-state index contributed by atoms with van der Waals surface area (Å²) >= 11 is 5.86. The maximum atomic E-state index is 12.5. The molecule has 0 fully saturated rings. The van der Waals surface area contributed by atoms with Crippen LogP contribution >= 0.6 is 24.0 Å². The number of anilines is 1. The number of amides is 1. The first-order valence-corrected chi connectivity index (χ1v) is 6.42. The minimum absolute atomic E-state index is 0. The van der Waals surface area contributed by atoms with Gasteiger partial charge in [-0.15, -0.1) is 12.4 Å². The highest BCUT2D eigenvalue weighted by molar-refractivity contribution is 6.30. The van der Waals surface area contributed by atoms with Crippen LogP contribution in [0, 0.1) is 0 Å². The van der Waals surface area contributed by atoms with E-state index in [1.807, 2.05) is 30.3 Å². The highest BCUT2D eigenvalue weighted by atomic mass is 35.5. The average molecular weight is 311 g/mol. The third kappa shape index (κ3) is 3.97. The largest absolute Gasteiger partial charge is 0.329 e. The Bertz CT molecular complexity index is 544. The molecule has 20 heavy (non-hydrogen) atoms. The van der Waals surface area contributed by atoms with Gasteiger partial charge >= 0.3 is 0 Å². The van der Waals surface area contributed by atoms with E-state index in [0.717, 1.165) is 5.69 Å². The lowest BCUT2D eigenvalue weighted by Gasteiger charge is -2.22. The van der Waals surface area contributed by atoms with E-state index < -0.39 is 0 Å². The predicted molar refractivity (Wildman–Crippen MR) is 85.9 cm³/mol. The predicted octanol–water partition coefficient (Wildman–Crippen LogP) is 3.37. The second-order valence-electron chi connectivity index (χ2n) is 4.09. The molecule has 2 aromatic carbocycles. The molecule has 0 radical (unpaired) electrons. The van der Waals surface area contributed by atoms with Crippen molar-refractivity contribution in [1.29, 1.82) is 0 Å². The number of carbonyl (C=O) groups is 1. The minimum atomic E-state index is -0.0617. The van der Waals surface area contributed by atoms with Crippen LogP contribution in [0.1, 0.15) is 10.4 Å². The maximum Gasteiger partial charge on any atom is 0.258 e. The summed E-state index contributed by atoms with van der Waals surface area (Å²) in [6.45, 7) is 0.872. The molecule has 2 N–H and O–H groups in total. The highest BCUT2D eigenvalue weighted by Gasteiger charge is 2.16. The molecule has 0 aliphatic rings. The monoisotopic (exact) mass is 310 g/mol. The lowest BCUT2D eigenvalue weighted by molar-refractivity contribution is 0.0987. The van der Waals surface area contributed by atoms with E-state index >= 15 is 0 Å². The zero-order valence-electron chi connectivity index (χ0n) is 10.8. The van der Waals surface area contributed by atoms with Crippen molar-refractivity contribution >= 4 is 35.6 Å². The minimum Gasteiger partial charge on any atom is -0.329 e. The van der Waals surface area contributed by atoms with Crippen LogP contribution < -0.4 is 10.6 Å². The van der Waals surface area contributed by atoms with Gasteiger partial charge < -0.3 is 10.6 Å². The van der Waals surface area contributed by atoms with Gasteiger partial charge in [0, 0.05) is 29.4 Å². The molecule has 106 valence electrons. The van der Waals surface area contributed by atoms with Gasteiger partial charge in [0.05, 0.1) is 0 Å². The average Bonchev–Trinajstić information content (AvgIpc) is 2.46. The van der Waals surface area contributed by atoms with E-state index in [2.05, 4.69) is 0 Å². The second-order valence-corrected chi connectivity index (χ2v) is 4.52. The van der Waals surface area contributed by atoms with Gasteiger partial charge in [0.15, 0.2) is 0 Å². The smallest absolute Gasteiger partial charge is 0.258 e. The number of rotatable bonds is 4.